The number of primary amides is 1. The minimum Gasteiger partial charge on any atom is -0.369 e. The zero-order chi connectivity index (χ0) is 16.2. The molecule has 2 unspecified atom stereocenters. The second-order valence-electron chi connectivity index (χ2n) is 5.89. The van der Waals surface area contributed by atoms with Gasteiger partial charge in [-0.3, -0.25) is 9.69 Å². The highest BCUT2D eigenvalue weighted by molar-refractivity contribution is 5.76. The van der Waals surface area contributed by atoms with Crippen LogP contribution < -0.4 is 5.73 Å². The fourth-order valence-corrected chi connectivity index (χ4v) is 3.56. The van der Waals surface area contributed by atoms with E-state index in [-0.39, 0.29) is 25.0 Å². The van der Waals surface area contributed by atoms with Crippen molar-refractivity contribution in [2.75, 3.05) is 13.1 Å². The Kier molecular flexibility index (Phi) is 4.40. The Labute approximate surface area is 136 Å². The molecule has 0 fully saturated rings. The van der Waals surface area contributed by atoms with Gasteiger partial charge in [0.25, 0.3) is 0 Å². The molecule has 2 aromatic rings. The van der Waals surface area contributed by atoms with Crippen molar-refractivity contribution in [3.05, 3.63) is 71.3 Å². The third-order valence-electron chi connectivity index (χ3n) is 4.46. The van der Waals surface area contributed by atoms with E-state index < -0.39 is 5.91 Å². The molecule has 0 saturated heterocycles. The second kappa shape index (κ2) is 6.64. The molecule has 0 heterocycles. The molecule has 0 saturated carbocycles. The van der Waals surface area contributed by atoms with Crippen LogP contribution in [0.2, 0.25) is 0 Å². The largest absolute Gasteiger partial charge is 0.369 e. The number of hydrogen-bond donors (Lipinski definition) is 1. The van der Waals surface area contributed by atoms with Crippen molar-refractivity contribution in [2.24, 2.45) is 5.73 Å². The molecule has 2 N–H and O–H groups in total. The van der Waals surface area contributed by atoms with Crippen molar-refractivity contribution in [1.29, 1.82) is 5.26 Å². The maximum absolute atomic E-state index is 11.4. The minimum atomic E-state index is -0.400. The molecule has 3 rings (SSSR count). The van der Waals surface area contributed by atoms with Gasteiger partial charge >= 0.3 is 0 Å². The van der Waals surface area contributed by atoms with Gasteiger partial charge in [-0.05, 0) is 23.1 Å². The summed E-state index contributed by atoms with van der Waals surface area (Å²) in [4.78, 5) is 13.3. The SMILES string of the molecule is N#CCN(CC(N)=O)C1Cc2ccccc2C1c1ccccc1. The molecule has 116 valence electrons. The Balaban J connectivity index is 2.02. The zero-order valence-corrected chi connectivity index (χ0v) is 12.9. The van der Waals surface area contributed by atoms with E-state index in [1.807, 2.05) is 35.2 Å². The number of nitrogens with zero attached hydrogens (tertiary/aromatic N) is 2. The van der Waals surface area contributed by atoms with Gasteiger partial charge in [0.1, 0.15) is 0 Å². The molecule has 1 amide bonds. The highest BCUT2D eigenvalue weighted by Gasteiger charge is 2.37. The molecule has 0 radical (unpaired) electrons. The van der Waals surface area contributed by atoms with Gasteiger partial charge in [-0.2, -0.15) is 5.26 Å². The van der Waals surface area contributed by atoms with E-state index in [0.717, 1.165) is 6.42 Å². The van der Waals surface area contributed by atoms with Crippen molar-refractivity contribution in [2.45, 2.75) is 18.4 Å². The van der Waals surface area contributed by atoms with E-state index in [9.17, 15) is 4.79 Å². The lowest BCUT2D eigenvalue weighted by Gasteiger charge is -2.31. The summed E-state index contributed by atoms with van der Waals surface area (Å²) in [6.45, 7) is 0.306. The van der Waals surface area contributed by atoms with E-state index in [1.165, 1.54) is 16.7 Å². The molecular weight excluding hydrogens is 286 g/mol. The van der Waals surface area contributed by atoms with E-state index in [0.29, 0.717) is 0 Å². The number of nitrogens with two attached hydrogens (primary N) is 1. The Bertz CT molecular complexity index is 736. The summed E-state index contributed by atoms with van der Waals surface area (Å²) < 4.78 is 0. The summed E-state index contributed by atoms with van der Waals surface area (Å²) in [6, 6.07) is 20.8. The predicted octanol–water partition coefficient (Wildman–Crippen LogP) is 2.05. The van der Waals surface area contributed by atoms with Crippen molar-refractivity contribution in [3.8, 4) is 6.07 Å². The lowest BCUT2D eigenvalue weighted by atomic mass is 9.89. The van der Waals surface area contributed by atoms with Crippen molar-refractivity contribution >= 4 is 5.91 Å². The van der Waals surface area contributed by atoms with Crippen LogP contribution in [0.5, 0.6) is 0 Å². The molecule has 0 aliphatic heterocycles. The number of carbonyl (C=O) groups is 1. The highest BCUT2D eigenvalue weighted by atomic mass is 16.1. The van der Waals surface area contributed by atoms with E-state index >= 15 is 0 Å². The number of carbonyl (C=O) groups excluding carboxylic acids is 1. The van der Waals surface area contributed by atoms with Crippen LogP contribution in [0, 0.1) is 11.3 Å². The van der Waals surface area contributed by atoms with E-state index in [4.69, 9.17) is 11.0 Å². The monoisotopic (exact) mass is 305 g/mol. The Hall–Kier alpha value is -2.64. The second-order valence-corrected chi connectivity index (χ2v) is 5.89. The maximum Gasteiger partial charge on any atom is 0.231 e. The van der Waals surface area contributed by atoms with Gasteiger partial charge in [0.15, 0.2) is 0 Å². The first-order valence-corrected chi connectivity index (χ1v) is 7.72. The first-order chi connectivity index (χ1) is 11.2. The number of nitriles is 1. The molecule has 1 aliphatic carbocycles. The predicted molar refractivity (Wildman–Crippen MR) is 88.6 cm³/mol. The van der Waals surface area contributed by atoms with Crippen molar-refractivity contribution in [3.63, 3.8) is 0 Å². The van der Waals surface area contributed by atoms with Gasteiger partial charge in [0.2, 0.25) is 5.91 Å². The van der Waals surface area contributed by atoms with Crippen LogP contribution >= 0.6 is 0 Å². The molecular formula is C19H19N3O. The van der Waals surface area contributed by atoms with E-state index in [1.54, 1.807) is 0 Å². The number of benzene rings is 2. The number of amides is 1. The van der Waals surface area contributed by atoms with Crippen LogP contribution in [-0.2, 0) is 11.2 Å². The first kappa shape index (κ1) is 15.3. The molecule has 0 bridgehead atoms. The van der Waals surface area contributed by atoms with Crippen LogP contribution in [0.3, 0.4) is 0 Å². The molecule has 1 aliphatic rings. The van der Waals surface area contributed by atoms with Crippen LogP contribution in [0.4, 0.5) is 0 Å². The normalized spacial score (nSPS) is 19.3. The van der Waals surface area contributed by atoms with Crippen LogP contribution in [0.15, 0.2) is 54.6 Å². The lowest BCUT2D eigenvalue weighted by molar-refractivity contribution is -0.119. The van der Waals surface area contributed by atoms with Gasteiger partial charge in [-0.15, -0.1) is 0 Å². The summed E-state index contributed by atoms with van der Waals surface area (Å²) in [6.07, 6.45) is 0.824. The Morgan fingerprint density at radius 2 is 1.87 bits per heavy atom. The standard InChI is InChI=1S/C19H19N3O/c20-10-11-22(13-18(21)23)17-12-15-8-4-5-9-16(15)19(17)14-6-2-1-3-7-14/h1-9,17,19H,11-13H2,(H2,21,23). The van der Waals surface area contributed by atoms with Gasteiger partial charge < -0.3 is 5.73 Å². The zero-order valence-electron chi connectivity index (χ0n) is 12.9. The van der Waals surface area contributed by atoms with Crippen molar-refractivity contribution < 1.29 is 4.79 Å². The summed E-state index contributed by atoms with van der Waals surface area (Å²) >= 11 is 0. The van der Waals surface area contributed by atoms with E-state index in [2.05, 4.69) is 30.3 Å². The molecule has 0 aromatic heterocycles. The molecule has 4 heteroatoms. The topological polar surface area (TPSA) is 70.1 Å². The highest BCUT2D eigenvalue weighted by Crippen LogP contribution is 2.40. The third-order valence-corrected chi connectivity index (χ3v) is 4.46. The molecule has 2 atom stereocenters. The number of rotatable bonds is 5. The molecule has 2 aromatic carbocycles. The Morgan fingerprint density at radius 3 is 2.57 bits per heavy atom. The van der Waals surface area contributed by atoms with Gasteiger partial charge in [-0.25, -0.2) is 0 Å². The molecule has 4 nitrogen and oxygen atoms in total. The van der Waals surface area contributed by atoms with Crippen LogP contribution in [0.25, 0.3) is 0 Å². The fourth-order valence-electron chi connectivity index (χ4n) is 3.56. The maximum atomic E-state index is 11.4. The number of fused-ring (bicyclic) bond motifs is 1. The summed E-state index contributed by atoms with van der Waals surface area (Å²) in [5.74, 6) is -0.247. The van der Waals surface area contributed by atoms with Gasteiger partial charge in [0, 0.05) is 12.0 Å². The summed E-state index contributed by atoms with van der Waals surface area (Å²) in [5, 5.41) is 9.14. The first-order valence-electron chi connectivity index (χ1n) is 7.72. The van der Waals surface area contributed by atoms with Crippen molar-refractivity contribution in [1.82, 2.24) is 4.90 Å². The van der Waals surface area contributed by atoms with Crippen LogP contribution in [0.1, 0.15) is 22.6 Å². The van der Waals surface area contributed by atoms with Crippen LogP contribution in [-0.4, -0.2) is 29.9 Å². The molecule has 0 spiro atoms. The summed E-state index contributed by atoms with van der Waals surface area (Å²) in [5.41, 5.74) is 9.14. The third kappa shape index (κ3) is 3.10. The number of hydrogen-bond acceptors (Lipinski definition) is 3. The Morgan fingerprint density at radius 1 is 1.17 bits per heavy atom. The van der Waals surface area contributed by atoms with Gasteiger partial charge in [0.05, 0.1) is 19.2 Å². The quantitative estimate of drug-likeness (QED) is 0.860. The van der Waals surface area contributed by atoms with Gasteiger partial charge in [-0.1, -0.05) is 54.6 Å². The fraction of sp³-hybridized carbons (Fsp3) is 0.263. The molecule has 23 heavy (non-hydrogen) atoms. The lowest BCUT2D eigenvalue weighted by Crippen LogP contribution is -2.43. The average molecular weight is 305 g/mol. The smallest absolute Gasteiger partial charge is 0.231 e. The average Bonchev–Trinajstić information content (AvgIpc) is 2.94. The summed E-state index contributed by atoms with van der Waals surface area (Å²) in [7, 11) is 0. The minimum absolute atomic E-state index is 0.0712.